The van der Waals surface area contributed by atoms with Crippen molar-refractivity contribution >= 4 is 41.1 Å². The van der Waals surface area contributed by atoms with Crippen molar-refractivity contribution in [1.82, 2.24) is 5.43 Å². The number of para-hydroxylation sites is 1. The van der Waals surface area contributed by atoms with Crippen molar-refractivity contribution in [3.8, 4) is 11.3 Å². The summed E-state index contributed by atoms with van der Waals surface area (Å²) in [5, 5.41) is 1.45. The molecular weight excluding hydrogens is 420 g/mol. The van der Waals surface area contributed by atoms with E-state index in [0.29, 0.717) is 22.8 Å². The Morgan fingerprint density at radius 3 is 2.65 bits per heavy atom. The lowest BCUT2D eigenvalue weighted by Crippen LogP contribution is -2.35. The molecule has 2 aromatic carbocycles. The van der Waals surface area contributed by atoms with Crippen LogP contribution in [-0.2, 0) is 14.3 Å². The molecule has 0 unspecified atom stereocenters. The molecule has 0 bridgehead atoms. The molecule has 31 heavy (non-hydrogen) atoms. The Morgan fingerprint density at radius 1 is 1.13 bits per heavy atom. The number of benzene rings is 2. The van der Waals surface area contributed by atoms with E-state index >= 15 is 0 Å². The molecule has 7 nitrogen and oxygen atoms in total. The van der Waals surface area contributed by atoms with Gasteiger partial charge in [-0.15, -0.1) is 0 Å². The van der Waals surface area contributed by atoms with E-state index < -0.39 is 17.8 Å². The SMILES string of the molecule is CCOC(=O)c1cc(-c2ccc(/C=C3/C(=O)NN(c4ccccc4)C3=O)o2)ccc1Cl. The lowest BCUT2D eigenvalue weighted by molar-refractivity contribution is -0.117. The second kappa shape index (κ2) is 8.49. The van der Waals surface area contributed by atoms with Crippen LogP contribution in [0.4, 0.5) is 5.69 Å². The first kappa shape index (κ1) is 20.4. The summed E-state index contributed by atoms with van der Waals surface area (Å²) in [7, 11) is 0. The maximum Gasteiger partial charge on any atom is 0.339 e. The molecule has 0 aliphatic carbocycles. The molecule has 4 rings (SSSR count). The molecule has 156 valence electrons. The Bertz CT molecular complexity index is 1200. The first-order valence-electron chi connectivity index (χ1n) is 9.47. The number of hydrogen-bond acceptors (Lipinski definition) is 5. The number of nitrogens with one attached hydrogen (secondary N) is 1. The standard InChI is InChI=1S/C23H17ClN2O5/c1-2-30-23(29)17-12-14(8-10-19(17)24)20-11-9-16(31-20)13-18-21(27)25-26(22(18)28)15-6-4-3-5-7-15/h3-13H,2H2,1H3,(H,25,27)/b18-13-. The summed E-state index contributed by atoms with van der Waals surface area (Å²) in [5.74, 6) is -0.776. The predicted molar refractivity (Wildman–Crippen MR) is 115 cm³/mol. The van der Waals surface area contributed by atoms with Crippen molar-refractivity contribution in [2.75, 3.05) is 11.6 Å². The lowest BCUT2D eigenvalue weighted by Gasteiger charge is -2.13. The summed E-state index contributed by atoms with van der Waals surface area (Å²) in [6.07, 6.45) is 1.38. The number of hydrogen-bond donors (Lipinski definition) is 1. The first-order chi connectivity index (χ1) is 15.0. The van der Waals surface area contributed by atoms with E-state index in [1.165, 1.54) is 11.1 Å². The van der Waals surface area contributed by atoms with E-state index in [2.05, 4.69) is 5.43 Å². The highest BCUT2D eigenvalue weighted by Gasteiger charge is 2.34. The molecule has 8 heteroatoms. The third-order valence-electron chi connectivity index (χ3n) is 4.57. The summed E-state index contributed by atoms with van der Waals surface area (Å²) in [4.78, 5) is 37.1. The minimum atomic E-state index is -0.530. The molecule has 1 aromatic heterocycles. The van der Waals surface area contributed by atoms with Crippen molar-refractivity contribution in [1.29, 1.82) is 0 Å². The molecule has 0 spiro atoms. The van der Waals surface area contributed by atoms with Crippen LogP contribution < -0.4 is 10.4 Å². The summed E-state index contributed by atoms with van der Waals surface area (Å²) in [6, 6.07) is 16.9. The smallest absolute Gasteiger partial charge is 0.339 e. The molecule has 0 atom stereocenters. The van der Waals surface area contributed by atoms with Crippen molar-refractivity contribution in [3.63, 3.8) is 0 Å². The van der Waals surface area contributed by atoms with Gasteiger partial charge in [-0.25, -0.2) is 9.80 Å². The normalized spacial score (nSPS) is 14.8. The van der Waals surface area contributed by atoms with Gasteiger partial charge in [-0.05, 0) is 55.5 Å². The van der Waals surface area contributed by atoms with E-state index in [4.69, 9.17) is 20.8 Å². The molecule has 1 fully saturated rings. The summed E-state index contributed by atoms with van der Waals surface area (Å²) < 4.78 is 10.8. The van der Waals surface area contributed by atoms with Gasteiger partial charge in [0.1, 0.15) is 17.1 Å². The molecule has 1 saturated heterocycles. The summed E-state index contributed by atoms with van der Waals surface area (Å²) in [6.45, 7) is 1.94. The molecule has 0 saturated carbocycles. The van der Waals surface area contributed by atoms with Crippen LogP contribution in [0.25, 0.3) is 17.4 Å². The highest BCUT2D eigenvalue weighted by molar-refractivity contribution is 6.33. The van der Waals surface area contributed by atoms with Gasteiger partial charge in [0.2, 0.25) is 0 Å². The van der Waals surface area contributed by atoms with Gasteiger partial charge in [0.05, 0.1) is 22.9 Å². The molecule has 2 heterocycles. The van der Waals surface area contributed by atoms with E-state index in [1.807, 2.05) is 6.07 Å². The van der Waals surface area contributed by atoms with Gasteiger partial charge < -0.3 is 9.15 Å². The van der Waals surface area contributed by atoms with Crippen molar-refractivity contribution in [3.05, 3.63) is 82.6 Å². The first-order valence-corrected chi connectivity index (χ1v) is 9.85. The highest BCUT2D eigenvalue weighted by Crippen LogP contribution is 2.29. The number of carbonyl (C=O) groups is 3. The number of carbonyl (C=O) groups excluding carboxylic acids is 3. The Labute approximate surface area is 182 Å². The number of hydrazine groups is 1. The Morgan fingerprint density at radius 2 is 1.90 bits per heavy atom. The molecule has 1 aliphatic heterocycles. The monoisotopic (exact) mass is 436 g/mol. The Kier molecular flexibility index (Phi) is 5.60. The lowest BCUT2D eigenvalue weighted by atomic mass is 10.1. The fourth-order valence-electron chi connectivity index (χ4n) is 3.09. The second-order valence-corrected chi connectivity index (χ2v) is 7.00. The molecule has 1 aliphatic rings. The van der Waals surface area contributed by atoms with Gasteiger partial charge in [-0.2, -0.15) is 0 Å². The summed E-state index contributed by atoms with van der Waals surface area (Å²) >= 11 is 6.10. The number of anilines is 1. The molecule has 2 amide bonds. The van der Waals surface area contributed by atoms with E-state index in [-0.39, 0.29) is 22.8 Å². The molecular formula is C23H17ClN2O5. The van der Waals surface area contributed by atoms with Gasteiger partial charge in [-0.3, -0.25) is 15.0 Å². The predicted octanol–water partition coefficient (Wildman–Crippen LogP) is 4.24. The van der Waals surface area contributed by atoms with Crippen LogP contribution >= 0.6 is 11.6 Å². The van der Waals surface area contributed by atoms with Crippen molar-refractivity contribution < 1.29 is 23.5 Å². The number of furan rings is 1. The molecule has 0 radical (unpaired) electrons. The zero-order chi connectivity index (χ0) is 22.0. The van der Waals surface area contributed by atoms with Crippen LogP contribution in [0.5, 0.6) is 0 Å². The number of nitrogens with zero attached hydrogens (tertiary/aromatic N) is 1. The Balaban J connectivity index is 1.60. The van der Waals surface area contributed by atoms with Crippen LogP contribution in [-0.4, -0.2) is 24.4 Å². The second-order valence-electron chi connectivity index (χ2n) is 6.59. The average Bonchev–Trinajstić information content (AvgIpc) is 3.35. The van der Waals surface area contributed by atoms with Crippen LogP contribution in [0.1, 0.15) is 23.0 Å². The highest BCUT2D eigenvalue weighted by atomic mass is 35.5. The van der Waals surface area contributed by atoms with E-state index in [9.17, 15) is 14.4 Å². The molecule has 3 aromatic rings. The van der Waals surface area contributed by atoms with Gasteiger partial charge in [-0.1, -0.05) is 29.8 Å². The number of amides is 2. The van der Waals surface area contributed by atoms with Gasteiger partial charge in [0, 0.05) is 5.56 Å². The minimum Gasteiger partial charge on any atom is -0.462 e. The van der Waals surface area contributed by atoms with E-state index in [0.717, 1.165) is 0 Å². The number of esters is 1. The van der Waals surface area contributed by atoms with Crippen LogP contribution in [0.2, 0.25) is 5.02 Å². The van der Waals surface area contributed by atoms with Gasteiger partial charge in [0.25, 0.3) is 11.8 Å². The van der Waals surface area contributed by atoms with Gasteiger partial charge >= 0.3 is 5.97 Å². The fourth-order valence-corrected chi connectivity index (χ4v) is 3.28. The quantitative estimate of drug-likeness (QED) is 0.367. The number of ether oxygens (including phenoxy) is 1. The topological polar surface area (TPSA) is 88.9 Å². The van der Waals surface area contributed by atoms with Crippen molar-refractivity contribution in [2.24, 2.45) is 0 Å². The van der Waals surface area contributed by atoms with Crippen LogP contribution in [0, 0.1) is 0 Å². The van der Waals surface area contributed by atoms with E-state index in [1.54, 1.807) is 61.5 Å². The van der Waals surface area contributed by atoms with Crippen LogP contribution in [0.3, 0.4) is 0 Å². The third kappa shape index (κ3) is 4.08. The van der Waals surface area contributed by atoms with Gasteiger partial charge in [0.15, 0.2) is 0 Å². The number of rotatable bonds is 5. The largest absolute Gasteiger partial charge is 0.462 e. The maximum absolute atomic E-state index is 12.7. The minimum absolute atomic E-state index is 0.0481. The van der Waals surface area contributed by atoms with Crippen molar-refractivity contribution in [2.45, 2.75) is 6.92 Å². The summed E-state index contributed by atoms with van der Waals surface area (Å²) in [5.41, 5.74) is 3.87. The zero-order valence-electron chi connectivity index (χ0n) is 16.4. The van der Waals surface area contributed by atoms with Crippen LogP contribution in [0.15, 0.2) is 70.7 Å². The maximum atomic E-state index is 12.7. The average molecular weight is 437 g/mol. The zero-order valence-corrected chi connectivity index (χ0v) is 17.2. The fraction of sp³-hybridized carbons (Fsp3) is 0.0870. The third-order valence-corrected chi connectivity index (χ3v) is 4.90. The Hall–Kier alpha value is -3.84. The molecule has 1 N–H and O–H groups in total. The number of halogens is 1.